The molecular weight excluding hydrogens is 290 g/mol. The number of carboxylic acids is 1. The fraction of sp³-hybridized carbons (Fsp3) is 0.579. The molecule has 0 aromatic heterocycles. The predicted octanol–water partition coefficient (Wildman–Crippen LogP) is 4.00. The molecular formula is C19H27NO3. The third-order valence-electron chi connectivity index (χ3n) is 4.85. The zero-order chi connectivity index (χ0) is 16.7. The summed E-state index contributed by atoms with van der Waals surface area (Å²) in [7, 11) is 0. The van der Waals surface area contributed by atoms with Crippen LogP contribution in [0.25, 0.3) is 0 Å². The lowest BCUT2D eigenvalue weighted by Gasteiger charge is -2.27. The van der Waals surface area contributed by atoms with E-state index in [1.54, 1.807) is 24.3 Å². The standard InChI is InChI=1S/C19H27NO3/c1-2-3-4-14-5-9-16(10-6-14)18(21)20-13-15-7-11-17(12-8-15)19(22)23/h7-8,11-12,14,16H,2-6,9-10,13H2,1H3,(H,20,21)(H,22,23). The van der Waals surface area contributed by atoms with Gasteiger partial charge in [-0.15, -0.1) is 0 Å². The van der Waals surface area contributed by atoms with Crippen LogP contribution in [-0.4, -0.2) is 17.0 Å². The van der Waals surface area contributed by atoms with Crippen molar-refractivity contribution in [3.8, 4) is 0 Å². The molecule has 2 rings (SSSR count). The van der Waals surface area contributed by atoms with Gasteiger partial charge in [0.1, 0.15) is 0 Å². The van der Waals surface area contributed by atoms with Gasteiger partial charge in [0.2, 0.25) is 5.91 Å². The number of carbonyl (C=O) groups is 2. The summed E-state index contributed by atoms with van der Waals surface area (Å²) in [5.41, 5.74) is 1.20. The van der Waals surface area contributed by atoms with E-state index < -0.39 is 5.97 Å². The van der Waals surface area contributed by atoms with Crippen molar-refractivity contribution >= 4 is 11.9 Å². The van der Waals surface area contributed by atoms with Gasteiger partial charge >= 0.3 is 5.97 Å². The lowest BCUT2D eigenvalue weighted by molar-refractivity contribution is -0.126. The van der Waals surface area contributed by atoms with E-state index in [0.29, 0.717) is 6.54 Å². The fourth-order valence-corrected chi connectivity index (χ4v) is 3.30. The van der Waals surface area contributed by atoms with Gasteiger partial charge in [-0.2, -0.15) is 0 Å². The summed E-state index contributed by atoms with van der Waals surface area (Å²) in [6.07, 6.45) is 8.20. The van der Waals surface area contributed by atoms with Crippen LogP contribution in [0, 0.1) is 11.8 Å². The van der Waals surface area contributed by atoms with Crippen LogP contribution in [0.3, 0.4) is 0 Å². The van der Waals surface area contributed by atoms with Gasteiger partial charge in [-0.1, -0.05) is 38.3 Å². The minimum atomic E-state index is -0.930. The van der Waals surface area contributed by atoms with Gasteiger partial charge in [0.25, 0.3) is 0 Å². The highest BCUT2D eigenvalue weighted by molar-refractivity contribution is 5.87. The van der Waals surface area contributed by atoms with E-state index >= 15 is 0 Å². The number of unbranched alkanes of at least 4 members (excludes halogenated alkanes) is 1. The zero-order valence-corrected chi connectivity index (χ0v) is 13.9. The van der Waals surface area contributed by atoms with Crippen LogP contribution in [0.2, 0.25) is 0 Å². The van der Waals surface area contributed by atoms with Crippen molar-refractivity contribution in [3.05, 3.63) is 35.4 Å². The second-order valence-corrected chi connectivity index (χ2v) is 6.58. The Balaban J connectivity index is 1.74. The molecule has 1 fully saturated rings. The number of rotatable bonds is 7. The largest absolute Gasteiger partial charge is 0.478 e. The number of hydrogen-bond acceptors (Lipinski definition) is 2. The Bertz CT molecular complexity index is 516. The molecule has 0 atom stereocenters. The van der Waals surface area contributed by atoms with Crippen molar-refractivity contribution in [3.63, 3.8) is 0 Å². The summed E-state index contributed by atoms with van der Waals surface area (Å²) in [4.78, 5) is 23.1. The molecule has 2 N–H and O–H groups in total. The van der Waals surface area contributed by atoms with Gasteiger partial charge in [0.05, 0.1) is 5.56 Å². The number of aromatic carboxylic acids is 1. The van der Waals surface area contributed by atoms with Crippen LogP contribution in [0.15, 0.2) is 24.3 Å². The Hall–Kier alpha value is -1.84. The maximum atomic E-state index is 12.3. The molecule has 0 spiro atoms. The Morgan fingerprint density at radius 1 is 1.13 bits per heavy atom. The number of nitrogens with one attached hydrogen (secondary N) is 1. The normalized spacial score (nSPS) is 20.9. The van der Waals surface area contributed by atoms with Gasteiger partial charge in [-0.25, -0.2) is 4.79 Å². The third-order valence-corrected chi connectivity index (χ3v) is 4.85. The second kappa shape index (κ2) is 8.70. The fourth-order valence-electron chi connectivity index (χ4n) is 3.30. The molecule has 0 heterocycles. The van der Waals surface area contributed by atoms with Crippen molar-refractivity contribution in [2.24, 2.45) is 11.8 Å². The zero-order valence-electron chi connectivity index (χ0n) is 13.9. The van der Waals surface area contributed by atoms with Crippen LogP contribution in [0.4, 0.5) is 0 Å². The molecule has 23 heavy (non-hydrogen) atoms. The molecule has 1 aromatic carbocycles. The van der Waals surface area contributed by atoms with Gasteiger partial charge in [-0.3, -0.25) is 4.79 Å². The van der Waals surface area contributed by atoms with E-state index in [2.05, 4.69) is 12.2 Å². The molecule has 1 aliphatic rings. The summed E-state index contributed by atoms with van der Waals surface area (Å²) >= 11 is 0. The van der Waals surface area contributed by atoms with Gasteiger partial charge in [0, 0.05) is 12.5 Å². The summed E-state index contributed by atoms with van der Waals surface area (Å²) < 4.78 is 0. The minimum Gasteiger partial charge on any atom is -0.478 e. The van der Waals surface area contributed by atoms with Crippen molar-refractivity contribution in [2.45, 2.75) is 58.4 Å². The van der Waals surface area contributed by atoms with E-state index in [-0.39, 0.29) is 17.4 Å². The number of amides is 1. The number of carboxylic acid groups (broad SMARTS) is 1. The topological polar surface area (TPSA) is 66.4 Å². The lowest BCUT2D eigenvalue weighted by atomic mass is 9.79. The molecule has 4 nitrogen and oxygen atoms in total. The molecule has 1 aliphatic carbocycles. The molecule has 0 unspecified atom stereocenters. The maximum absolute atomic E-state index is 12.3. The Morgan fingerprint density at radius 3 is 2.35 bits per heavy atom. The summed E-state index contributed by atoms with van der Waals surface area (Å²) in [6, 6.07) is 6.66. The molecule has 126 valence electrons. The third kappa shape index (κ3) is 5.38. The van der Waals surface area contributed by atoms with E-state index in [4.69, 9.17) is 5.11 Å². The average molecular weight is 317 g/mol. The molecule has 1 aromatic rings. The Labute approximate surface area is 138 Å². The molecule has 4 heteroatoms. The highest BCUT2D eigenvalue weighted by Crippen LogP contribution is 2.31. The van der Waals surface area contributed by atoms with Crippen molar-refractivity contribution in [1.29, 1.82) is 0 Å². The molecule has 0 bridgehead atoms. The predicted molar refractivity (Wildman–Crippen MR) is 90.2 cm³/mol. The summed E-state index contributed by atoms with van der Waals surface area (Å²) in [5, 5.41) is 11.9. The molecule has 0 aliphatic heterocycles. The van der Waals surface area contributed by atoms with Crippen molar-refractivity contribution in [2.75, 3.05) is 0 Å². The first-order chi connectivity index (χ1) is 11.1. The average Bonchev–Trinajstić information content (AvgIpc) is 2.58. The summed E-state index contributed by atoms with van der Waals surface area (Å²) in [5.74, 6) is 0.162. The monoisotopic (exact) mass is 317 g/mol. The van der Waals surface area contributed by atoms with E-state index in [1.807, 2.05) is 0 Å². The van der Waals surface area contributed by atoms with E-state index in [9.17, 15) is 9.59 Å². The van der Waals surface area contributed by atoms with E-state index in [1.165, 1.54) is 32.1 Å². The first-order valence-corrected chi connectivity index (χ1v) is 8.70. The molecule has 0 radical (unpaired) electrons. The van der Waals surface area contributed by atoms with Crippen LogP contribution < -0.4 is 5.32 Å². The second-order valence-electron chi connectivity index (χ2n) is 6.58. The highest BCUT2D eigenvalue weighted by Gasteiger charge is 2.25. The van der Waals surface area contributed by atoms with Crippen LogP contribution in [0.1, 0.15) is 67.8 Å². The maximum Gasteiger partial charge on any atom is 0.335 e. The quantitative estimate of drug-likeness (QED) is 0.799. The Kier molecular flexibility index (Phi) is 6.63. The Morgan fingerprint density at radius 2 is 1.78 bits per heavy atom. The van der Waals surface area contributed by atoms with Gasteiger partial charge < -0.3 is 10.4 Å². The molecule has 1 saturated carbocycles. The van der Waals surface area contributed by atoms with E-state index in [0.717, 1.165) is 24.3 Å². The smallest absolute Gasteiger partial charge is 0.335 e. The summed E-state index contributed by atoms with van der Waals surface area (Å²) in [6.45, 7) is 2.69. The minimum absolute atomic E-state index is 0.140. The van der Waals surface area contributed by atoms with Crippen LogP contribution >= 0.6 is 0 Å². The first-order valence-electron chi connectivity index (χ1n) is 8.70. The van der Waals surface area contributed by atoms with Gasteiger partial charge in [-0.05, 0) is 49.3 Å². The van der Waals surface area contributed by atoms with Crippen LogP contribution in [-0.2, 0) is 11.3 Å². The number of carbonyl (C=O) groups excluding carboxylic acids is 1. The molecule has 1 amide bonds. The van der Waals surface area contributed by atoms with Crippen molar-refractivity contribution in [1.82, 2.24) is 5.32 Å². The number of benzene rings is 1. The molecule has 0 saturated heterocycles. The first kappa shape index (κ1) is 17.5. The lowest BCUT2D eigenvalue weighted by Crippen LogP contribution is -2.32. The highest BCUT2D eigenvalue weighted by atomic mass is 16.4. The SMILES string of the molecule is CCCCC1CCC(C(=O)NCc2ccc(C(=O)O)cc2)CC1. The van der Waals surface area contributed by atoms with Crippen molar-refractivity contribution < 1.29 is 14.7 Å². The van der Waals surface area contributed by atoms with Gasteiger partial charge in [0.15, 0.2) is 0 Å². The number of hydrogen-bond donors (Lipinski definition) is 2. The van der Waals surface area contributed by atoms with Crippen LogP contribution in [0.5, 0.6) is 0 Å².